The fraction of sp³-hybridized carbons (Fsp3) is 0.300. The van der Waals surface area contributed by atoms with Gasteiger partial charge in [0.25, 0.3) is 10.0 Å². The molecule has 1 aliphatic heterocycles. The molecule has 1 aliphatic carbocycles. The zero-order valence-corrected chi connectivity index (χ0v) is 17.8. The molecule has 0 unspecified atom stereocenters. The normalized spacial score (nSPS) is 16.6. The van der Waals surface area contributed by atoms with Crippen LogP contribution in [-0.2, 0) is 30.9 Å². The molecule has 4 rings (SSSR count). The van der Waals surface area contributed by atoms with Gasteiger partial charge in [0.15, 0.2) is 5.60 Å². The summed E-state index contributed by atoms with van der Waals surface area (Å²) in [6.07, 6.45) is 5.51. The van der Waals surface area contributed by atoms with Crippen molar-refractivity contribution in [1.82, 2.24) is 8.96 Å². The Morgan fingerprint density at radius 3 is 2.87 bits per heavy atom. The van der Waals surface area contributed by atoms with Crippen LogP contribution in [0.2, 0.25) is 5.15 Å². The number of ether oxygens (including phenoxy) is 2. The fourth-order valence-corrected chi connectivity index (χ4v) is 5.46. The molecule has 0 bridgehead atoms. The van der Waals surface area contributed by atoms with Crippen molar-refractivity contribution in [2.75, 3.05) is 0 Å². The average Bonchev–Trinajstić information content (AvgIpc) is 3.27. The summed E-state index contributed by atoms with van der Waals surface area (Å²) in [6.45, 7) is 2.56. The first-order valence-electron chi connectivity index (χ1n) is 9.15. The Kier molecular flexibility index (Phi) is 5.00. The van der Waals surface area contributed by atoms with Crippen molar-refractivity contribution in [3.63, 3.8) is 0 Å². The van der Waals surface area contributed by atoms with Gasteiger partial charge in [0.1, 0.15) is 5.15 Å². The number of aromatic nitrogens is 2. The van der Waals surface area contributed by atoms with E-state index in [1.807, 2.05) is 0 Å². The summed E-state index contributed by atoms with van der Waals surface area (Å²) in [5.74, 6) is -1.16. The quantitative estimate of drug-likeness (QED) is 0.668. The zero-order valence-electron chi connectivity index (χ0n) is 16.3. The molecule has 0 aromatic carbocycles. The van der Waals surface area contributed by atoms with Gasteiger partial charge in [-0.25, -0.2) is 22.2 Å². The first-order valence-corrected chi connectivity index (χ1v) is 11.0. The third-order valence-corrected chi connectivity index (χ3v) is 7.26. The molecule has 2 aromatic heterocycles. The van der Waals surface area contributed by atoms with Crippen LogP contribution in [0.4, 0.5) is 0 Å². The van der Waals surface area contributed by atoms with Crippen LogP contribution in [0.5, 0.6) is 0 Å². The number of rotatable bonds is 6. The summed E-state index contributed by atoms with van der Waals surface area (Å²) < 4.78 is 39.3. The molecule has 0 fully saturated rings. The maximum absolute atomic E-state index is 13.7. The number of allylic oxidation sites excluding steroid dienone is 4. The van der Waals surface area contributed by atoms with E-state index >= 15 is 0 Å². The lowest BCUT2D eigenvalue weighted by atomic mass is 10.1. The van der Waals surface area contributed by atoms with Gasteiger partial charge in [-0.1, -0.05) is 11.6 Å². The van der Waals surface area contributed by atoms with Crippen molar-refractivity contribution >= 4 is 38.6 Å². The van der Waals surface area contributed by atoms with E-state index in [2.05, 4.69) is 4.98 Å². The van der Waals surface area contributed by atoms with Gasteiger partial charge in [0, 0.05) is 5.57 Å². The maximum atomic E-state index is 13.7. The van der Waals surface area contributed by atoms with Crippen molar-refractivity contribution in [2.45, 2.75) is 38.9 Å². The molecule has 0 radical (unpaired) electrons. The smallest absolute Gasteiger partial charge is 0.335 e. The SMILES string of the molecule is CC(C)(OCc1cc2nc(Cl)ccc2n1S(=O)(=O)C1=C2C=COC=C2CC1)C(=O)O. The number of hydrogen-bond acceptors (Lipinski definition) is 6. The highest BCUT2D eigenvalue weighted by atomic mass is 35.5. The Bertz CT molecular complexity index is 1250. The summed E-state index contributed by atoms with van der Waals surface area (Å²) in [5, 5.41) is 9.53. The number of carboxylic acid groups (broad SMARTS) is 1. The fourth-order valence-electron chi connectivity index (χ4n) is 3.42. The maximum Gasteiger partial charge on any atom is 0.335 e. The Labute approximate surface area is 178 Å². The van der Waals surface area contributed by atoms with Crippen LogP contribution in [0.1, 0.15) is 32.4 Å². The molecule has 2 aliphatic rings. The third kappa shape index (κ3) is 3.42. The van der Waals surface area contributed by atoms with Crippen LogP contribution in [0.25, 0.3) is 11.0 Å². The van der Waals surface area contributed by atoms with Crippen LogP contribution < -0.4 is 0 Å². The van der Waals surface area contributed by atoms with Crippen LogP contribution >= 0.6 is 11.6 Å². The Morgan fingerprint density at radius 1 is 1.37 bits per heavy atom. The average molecular weight is 451 g/mol. The molecule has 0 atom stereocenters. The van der Waals surface area contributed by atoms with Crippen LogP contribution in [0, 0.1) is 0 Å². The standard InChI is InChI=1S/C20H19ClN2O6S/c1-20(2,19(24)25)29-11-13-9-15-16(4-6-18(21)22-15)23(13)30(26,27)17-5-3-12-10-28-8-7-14(12)17/h4,6-10H,3,5,11H2,1-2H3,(H,24,25). The van der Waals surface area contributed by atoms with Gasteiger partial charge < -0.3 is 14.6 Å². The largest absolute Gasteiger partial charge is 0.479 e. The van der Waals surface area contributed by atoms with Crippen molar-refractivity contribution in [2.24, 2.45) is 0 Å². The Balaban J connectivity index is 1.87. The molecule has 0 saturated carbocycles. The molecule has 0 spiro atoms. The number of fused-ring (bicyclic) bond motifs is 2. The molecule has 3 heterocycles. The van der Waals surface area contributed by atoms with E-state index in [0.717, 1.165) is 9.55 Å². The highest BCUT2D eigenvalue weighted by Crippen LogP contribution is 2.39. The second-order valence-electron chi connectivity index (χ2n) is 7.47. The molecule has 2 aromatic rings. The molecule has 0 amide bonds. The van der Waals surface area contributed by atoms with Gasteiger partial charge in [-0.15, -0.1) is 0 Å². The molecule has 30 heavy (non-hydrogen) atoms. The summed E-state index contributed by atoms with van der Waals surface area (Å²) in [4.78, 5) is 15.9. The monoisotopic (exact) mass is 450 g/mol. The molecule has 1 N–H and O–H groups in total. The van der Waals surface area contributed by atoms with Crippen molar-refractivity contribution in [3.8, 4) is 0 Å². The van der Waals surface area contributed by atoms with E-state index in [0.29, 0.717) is 29.4 Å². The van der Waals surface area contributed by atoms with Crippen molar-refractivity contribution in [1.29, 1.82) is 0 Å². The molecular weight excluding hydrogens is 432 g/mol. The van der Waals surface area contributed by atoms with Crippen LogP contribution in [0.3, 0.4) is 0 Å². The highest BCUT2D eigenvalue weighted by Gasteiger charge is 2.34. The number of carboxylic acids is 1. The van der Waals surface area contributed by atoms with Gasteiger partial charge in [-0.2, -0.15) is 0 Å². The minimum Gasteiger partial charge on any atom is -0.479 e. The third-order valence-electron chi connectivity index (χ3n) is 5.09. The van der Waals surface area contributed by atoms with E-state index in [4.69, 9.17) is 21.1 Å². The lowest BCUT2D eigenvalue weighted by Crippen LogP contribution is -2.35. The zero-order chi connectivity index (χ0) is 21.7. The van der Waals surface area contributed by atoms with Gasteiger partial charge in [-0.3, -0.25) is 0 Å². The second-order valence-corrected chi connectivity index (χ2v) is 9.66. The van der Waals surface area contributed by atoms with Gasteiger partial charge in [-0.05, 0) is 56.5 Å². The molecular formula is C20H19ClN2O6S. The van der Waals surface area contributed by atoms with Gasteiger partial charge in [0.2, 0.25) is 0 Å². The predicted octanol–water partition coefficient (Wildman–Crippen LogP) is 3.72. The number of nitrogens with zero attached hydrogens (tertiary/aromatic N) is 2. The summed E-state index contributed by atoms with van der Waals surface area (Å²) in [7, 11) is -3.99. The topological polar surface area (TPSA) is 108 Å². The minimum atomic E-state index is -3.99. The number of hydrogen-bond donors (Lipinski definition) is 1. The van der Waals surface area contributed by atoms with E-state index in [-0.39, 0.29) is 22.4 Å². The van der Waals surface area contributed by atoms with Crippen LogP contribution in [-0.4, -0.2) is 34.1 Å². The Hall–Kier alpha value is -2.62. The first-order chi connectivity index (χ1) is 14.1. The van der Waals surface area contributed by atoms with Crippen molar-refractivity contribution < 1.29 is 27.8 Å². The van der Waals surface area contributed by atoms with Crippen LogP contribution in [0.15, 0.2) is 52.9 Å². The second kappa shape index (κ2) is 7.26. The van der Waals surface area contributed by atoms with Crippen molar-refractivity contribution in [3.05, 3.63) is 63.7 Å². The van der Waals surface area contributed by atoms with E-state index < -0.39 is 21.6 Å². The number of carbonyl (C=O) groups is 1. The van der Waals surface area contributed by atoms with E-state index in [9.17, 15) is 18.3 Å². The lowest BCUT2D eigenvalue weighted by Gasteiger charge is -2.21. The number of pyridine rings is 1. The number of halogens is 1. The molecule has 158 valence electrons. The molecule has 10 heteroatoms. The van der Waals surface area contributed by atoms with Gasteiger partial charge in [0.05, 0.1) is 40.8 Å². The predicted molar refractivity (Wildman–Crippen MR) is 110 cm³/mol. The lowest BCUT2D eigenvalue weighted by molar-refractivity contribution is -0.162. The summed E-state index contributed by atoms with van der Waals surface area (Å²) in [6, 6.07) is 4.63. The minimum absolute atomic E-state index is 0.218. The summed E-state index contributed by atoms with van der Waals surface area (Å²) in [5.41, 5.74) is 0.911. The first kappa shape index (κ1) is 20.6. The van der Waals surface area contributed by atoms with E-state index in [1.54, 1.807) is 24.5 Å². The summed E-state index contributed by atoms with van der Waals surface area (Å²) >= 11 is 5.99. The molecule has 8 nitrogen and oxygen atoms in total. The Morgan fingerprint density at radius 2 is 2.13 bits per heavy atom. The highest BCUT2D eigenvalue weighted by molar-refractivity contribution is 7.94. The molecule has 0 saturated heterocycles. The van der Waals surface area contributed by atoms with Gasteiger partial charge >= 0.3 is 5.97 Å². The number of aliphatic carboxylic acids is 1. The van der Waals surface area contributed by atoms with E-state index in [1.165, 1.54) is 26.2 Å².